The number of fused-ring (bicyclic) bond motifs is 7. The summed E-state index contributed by atoms with van der Waals surface area (Å²) in [5.74, 6) is 1.78. The first-order valence-electron chi connectivity index (χ1n) is 19.1. The van der Waals surface area contributed by atoms with E-state index >= 15 is 0 Å². The lowest BCUT2D eigenvalue weighted by atomic mass is 9.74. The van der Waals surface area contributed by atoms with Gasteiger partial charge in [0.15, 0.2) is 0 Å². The van der Waals surface area contributed by atoms with E-state index < -0.39 is 19.1 Å². The zero-order chi connectivity index (χ0) is 37.0. The highest BCUT2D eigenvalue weighted by Gasteiger charge is 2.44. The van der Waals surface area contributed by atoms with Crippen LogP contribution in [0.5, 0.6) is 11.5 Å². The molecule has 0 radical (unpaired) electrons. The van der Waals surface area contributed by atoms with Crippen molar-refractivity contribution < 1.29 is 13.0 Å². The Bertz CT molecular complexity index is 2440. The number of para-hydroxylation sites is 4. The third-order valence-corrected chi connectivity index (χ3v) is 10.0. The van der Waals surface area contributed by atoms with Gasteiger partial charge >= 0.3 is 0 Å². The molecule has 47 heavy (non-hydrogen) atoms. The van der Waals surface area contributed by atoms with Crippen molar-refractivity contribution in [3.05, 3.63) is 149 Å². The first-order chi connectivity index (χ1) is 25.3. The second-order valence-electron chi connectivity index (χ2n) is 13.0. The summed E-state index contributed by atoms with van der Waals surface area (Å²) in [4.78, 5) is 9.62. The summed E-state index contributed by atoms with van der Waals surface area (Å²) in [5, 5.41) is 0. The molecule has 4 aliphatic rings. The molecule has 5 aromatic carbocycles. The van der Waals surface area contributed by atoms with Gasteiger partial charge in [-0.15, -0.1) is 0 Å². The Hall–Kier alpha value is -5.35. The van der Waals surface area contributed by atoms with Crippen LogP contribution in [0.4, 0.5) is 17.1 Å². The van der Waals surface area contributed by atoms with Crippen LogP contribution in [0.15, 0.2) is 126 Å². The van der Waals surface area contributed by atoms with Crippen molar-refractivity contribution >= 4 is 23.0 Å². The van der Waals surface area contributed by atoms with Crippen molar-refractivity contribution in [2.45, 2.75) is 52.0 Å². The van der Waals surface area contributed by atoms with Gasteiger partial charge in [0.1, 0.15) is 11.5 Å². The van der Waals surface area contributed by atoms with Crippen molar-refractivity contribution in [3.63, 3.8) is 0 Å². The molecule has 0 aromatic heterocycles. The standard InChI is InChI=1S/C43H37N3O/c1-26-23-29(45-38-18-9-10-19-39(38)46-37-17-8-7-16-36(37)44-42(45)46)21-22-30(26)32-24-28(3)33(25-27(32)2)31-13-12-15-35-41(31)47-40-20-11-6-14-34(40)43(35,4)5/h6-25,36-37H,1-5H3/i2D3,4D3. The number of aliphatic imine (C=N–C) groups is 1. The van der Waals surface area contributed by atoms with Gasteiger partial charge in [-0.1, -0.05) is 105 Å². The number of hydrogen-bond acceptors (Lipinski definition) is 4. The Morgan fingerprint density at radius 1 is 0.723 bits per heavy atom. The van der Waals surface area contributed by atoms with Gasteiger partial charge in [0.05, 0.1) is 23.5 Å². The molecule has 230 valence electrons. The Morgan fingerprint density at radius 2 is 1.47 bits per heavy atom. The van der Waals surface area contributed by atoms with Crippen LogP contribution in [0, 0.1) is 20.7 Å². The van der Waals surface area contributed by atoms with Crippen LogP contribution in [0.3, 0.4) is 0 Å². The fraction of sp³-hybridized carbons (Fsp3) is 0.186. The lowest BCUT2D eigenvalue weighted by Crippen LogP contribution is -2.39. The van der Waals surface area contributed by atoms with Crippen molar-refractivity contribution in [1.82, 2.24) is 0 Å². The molecule has 5 aromatic rings. The number of guanidine groups is 1. The Balaban J connectivity index is 1.16. The number of hydrogen-bond donors (Lipinski definition) is 0. The number of aryl methyl sites for hydroxylation is 3. The van der Waals surface area contributed by atoms with Crippen LogP contribution in [0.25, 0.3) is 22.3 Å². The summed E-state index contributed by atoms with van der Waals surface area (Å²) in [6.45, 7) is 0.892. The number of nitrogens with zero attached hydrogens (tertiary/aromatic N) is 3. The summed E-state index contributed by atoms with van der Waals surface area (Å²) >= 11 is 0. The van der Waals surface area contributed by atoms with Gasteiger partial charge in [-0.3, -0.25) is 4.90 Å². The monoisotopic (exact) mass is 617 g/mol. The summed E-state index contributed by atoms with van der Waals surface area (Å²) in [6, 6.07) is 31.1. The van der Waals surface area contributed by atoms with Gasteiger partial charge < -0.3 is 9.64 Å². The lowest BCUT2D eigenvalue weighted by molar-refractivity contribution is 0.419. The minimum absolute atomic E-state index is 0.0344. The highest BCUT2D eigenvalue weighted by atomic mass is 16.5. The second kappa shape index (κ2) is 10.1. The molecule has 0 saturated heterocycles. The predicted octanol–water partition coefficient (Wildman–Crippen LogP) is 10.6. The first kappa shape index (κ1) is 22.2. The van der Waals surface area contributed by atoms with Crippen LogP contribution in [0.2, 0.25) is 0 Å². The zero-order valence-corrected chi connectivity index (χ0v) is 26.5. The van der Waals surface area contributed by atoms with Crippen molar-refractivity contribution in [1.29, 1.82) is 0 Å². The van der Waals surface area contributed by atoms with Gasteiger partial charge in [-0.2, -0.15) is 0 Å². The van der Waals surface area contributed by atoms with E-state index in [1.54, 1.807) is 31.2 Å². The van der Waals surface area contributed by atoms with E-state index in [9.17, 15) is 0 Å². The molecule has 0 amide bonds. The van der Waals surface area contributed by atoms with E-state index in [0.717, 1.165) is 39.7 Å². The summed E-state index contributed by atoms with van der Waals surface area (Å²) in [6.07, 6.45) is 8.45. The minimum Gasteiger partial charge on any atom is -0.456 e. The molecule has 3 atom stereocenters. The Labute approximate surface area is 285 Å². The van der Waals surface area contributed by atoms with Gasteiger partial charge in [0, 0.05) is 36.0 Å². The van der Waals surface area contributed by atoms with E-state index in [1.807, 2.05) is 68.5 Å². The van der Waals surface area contributed by atoms with E-state index in [2.05, 4.69) is 52.3 Å². The third kappa shape index (κ3) is 4.04. The molecule has 9 rings (SSSR count). The largest absolute Gasteiger partial charge is 0.456 e. The van der Waals surface area contributed by atoms with Crippen molar-refractivity contribution in [2.24, 2.45) is 4.99 Å². The molecule has 0 saturated carbocycles. The van der Waals surface area contributed by atoms with Crippen LogP contribution in [0.1, 0.15) is 49.8 Å². The lowest BCUT2D eigenvalue weighted by Gasteiger charge is -2.35. The third-order valence-electron chi connectivity index (χ3n) is 10.0. The second-order valence-corrected chi connectivity index (χ2v) is 13.0. The number of anilines is 3. The molecular weight excluding hydrogens is 574 g/mol. The number of benzene rings is 5. The molecule has 3 unspecified atom stereocenters. The van der Waals surface area contributed by atoms with E-state index in [4.69, 9.17) is 18.0 Å². The maximum Gasteiger partial charge on any atom is 0.211 e. The van der Waals surface area contributed by atoms with Gasteiger partial charge in [-0.05, 0) is 84.4 Å². The normalized spacial score (nSPS) is 23.9. The first-order valence-corrected chi connectivity index (χ1v) is 16.1. The van der Waals surface area contributed by atoms with Crippen LogP contribution in [-0.2, 0) is 5.41 Å². The zero-order valence-electron chi connectivity index (χ0n) is 32.5. The Kier molecular flexibility index (Phi) is 4.76. The molecule has 0 spiro atoms. The molecular formula is C43H37N3O. The molecule has 3 aliphatic heterocycles. The van der Waals surface area contributed by atoms with Crippen molar-refractivity contribution in [3.8, 4) is 33.8 Å². The summed E-state index contributed by atoms with van der Waals surface area (Å²) in [7, 11) is 0. The predicted molar refractivity (Wildman–Crippen MR) is 195 cm³/mol. The highest BCUT2D eigenvalue weighted by Crippen LogP contribution is 2.52. The topological polar surface area (TPSA) is 28.1 Å². The molecule has 1 aliphatic carbocycles. The number of ether oxygens (including phenoxy) is 1. The van der Waals surface area contributed by atoms with E-state index in [-0.39, 0.29) is 17.6 Å². The summed E-state index contributed by atoms with van der Waals surface area (Å²) < 4.78 is 58.5. The molecule has 4 heteroatoms. The van der Waals surface area contributed by atoms with Crippen LogP contribution >= 0.6 is 0 Å². The fourth-order valence-electron chi connectivity index (χ4n) is 7.71. The minimum atomic E-state index is -2.44. The summed E-state index contributed by atoms with van der Waals surface area (Å²) in [5.41, 5.74) is 7.65. The van der Waals surface area contributed by atoms with Crippen LogP contribution < -0.4 is 14.5 Å². The maximum atomic E-state index is 8.70. The molecule has 0 fully saturated rings. The molecule has 0 N–H and O–H groups in total. The molecule has 0 bridgehead atoms. The SMILES string of the molecule is [2H]C([2H])([2H])c1cc(-c2cccc3c2Oc2ccccc2C3(C)C([2H])([2H])[2H])c(C)cc1-c1ccc(N2C3=NC4C=CC=CC4N3c3ccccc32)cc1C. The molecule has 4 nitrogen and oxygen atoms in total. The smallest absolute Gasteiger partial charge is 0.211 e. The maximum absolute atomic E-state index is 8.70. The number of rotatable bonds is 3. The molecule has 3 heterocycles. The van der Waals surface area contributed by atoms with Gasteiger partial charge in [-0.25, -0.2) is 4.99 Å². The average molecular weight is 618 g/mol. The average Bonchev–Trinajstić information content (AvgIpc) is 3.65. The number of allylic oxidation sites excluding steroid dienone is 2. The van der Waals surface area contributed by atoms with Crippen molar-refractivity contribution in [2.75, 3.05) is 9.80 Å². The highest BCUT2D eigenvalue weighted by molar-refractivity contribution is 6.22. The van der Waals surface area contributed by atoms with Gasteiger partial charge in [0.2, 0.25) is 5.96 Å². The van der Waals surface area contributed by atoms with E-state index in [1.165, 1.54) is 0 Å². The quantitative estimate of drug-likeness (QED) is 0.202. The Morgan fingerprint density at radius 3 is 2.32 bits per heavy atom. The fourth-order valence-corrected chi connectivity index (χ4v) is 7.71. The van der Waals surface area contributed by atoms with Gasteiger partial charge in [0.25, 0.3) is 0 Å². The van der Waals surface area contributed by atoms with E-state index in [0.29, 0.717) is 39.3 Å². The van der Waals surface area contributed by atoms with Crippen LogP contribution in [-0.4, -0.2) is 18.0 Å².